The number of ether oxygens (including phenoxy) is 1. The van der Waals surface area contributed by atoms with Crippen molar-refractivity contribution in [3.8, 4) is 11.5 Å². The number of imide groups is 1. The lowest BCUT2D eigenvalue weighted by Crippen LogP contribution is -2.41. The Morgan fingerprint density at radius 2 is 1.41 bits per heavy atom. The average molecular weight is 502 g/mol. The number of rotatable bonds is 3. The molecule has 0 aromatic heterocycles. The number of halogens is 5. The fraction of sp³-hybridized carbons (Fsp3) is 0.0400. The Morgan fingerprint density at radius 3 is 2.09 bits per heavy atom. The summed E-state index contributed by atoms with van der Waals surface area (Å²) in [5, 5.41) is 1.14. The average Bonchev–Trinajstić information content (AvgIpc) is 2.80. The Hall–Kier alpha value is -3.55. The van der Waals surface area contributed by atoms with Crippen molar-refractivity contribution in [1.82, 2.24) is 0 Å². The van der Waals surface area contributed by atoms with Gasteiger partial charge in [0.25, 0.3) is 11.8 Å². The van der Waals surface area contributed by atoms with Gasteiger partial charge in [0.05, 0.1) is 11.3 Å². The van der Waals surface area contributed by atoms with Crippen LogP contribution in [0.15, 0.2) is 72.8 Å². The van der Waals surface area contributed by atoms with Gasteiger partial charge in [-0.2, -0.15) is 13.2 Å². The first-order valence-corrected chi connectivity index (χ1v) is 10.7. The van der Waals surface area contributed by atoms with Crippen molar-refractivity contribution >= 4 is 51.5 Å². The number of hydrogen-bond acceptors (Lipinski definition) is 3. The molecule has 1 heterocycles. The van der Waals surface area contributed by atoms with Crippen molar-refractivity contribution < 1.29 is 27.5 Å². The molecular weight excluding hydrogens is 490 g/mol. The van der Waals surface area contributed by atoms with E-state index in [2.05, 4.69) is 0 Å². The summed E-state index contributed by atoms with van der Waals surface area (Å²) in [6.45, 7) is 0. The number of benzene rings is 4. The van der Waals surface area contributed by atoms with Crippen LogP contribution in [0.25, 0.3) is 10.8 Å². The summed E-state index contributed by atoms with van der Waals surface area (Å²) in [6.07, 6.45) is -4.83. The minimum absolute atomic E-state index is 0.0803. The van der Waals surface area contributed by atoms with Gasteiger partial charge in [-0.3, -0.25) is 9.59 Å². The maximum absolute atomic E-state index is 13.7. The molecular formula is C25H12Cl2F3NO3. The van der Waals surface area contributed by atoms with Crippen LogP contribution < -0.4 is 9.64 Å². The van der Waals surface area contributed by atoms with Crippen LogP contribution >= 0.6 is 23.2 Å². The number of carbonyl (C=O) groups is 2. The molecule has 0 aliphatic carbocycles. The lowest BCUT2D eigenvalue weighted by molar-refractivity contribution is -0.137. The third-order valence-electron chi connectivity index (χ3n) is 5.41. The van der Waals surface area contributed by atoms with E-state index in [1.165, 1.54) is 24.3 Å². The summed E-state index contributed by atoms with van der Waals surface area (Å²) in [5.74, 6) is -0.894. The van der Waals surface area contributed by atoms with E-state index in [1.54, 1.807) is 36.4 Å². The molecule has 0 saturated heterocycles. The molecule has 4 nitrogen and oxygen atoms in total. The zero-order valence-electron chi connectivity index (χ0n) is 17.0. The third kappa shape index (κ3) is 3.67. The van der Waals surface area contributed by atoms with Gasteiger partial charge in [-0.05, 0) is 60.7 Å². The number of alkyl halides is 3. The van der Waals surface area contributed by atoms with Crippen molar-refractivity contribution in [2.75, 3.05) is 4.90 Å². The van der Waals surface area contributed by atoms with E-state index in [1.807, 2.05) is 0 Å². The molecule has 0 spiro atoms. The molecule has 1 aliphatic heterocycles. The van der Waals surface area contributed by atoms with Crippen LogP contribution in [0.5, 0.6) is 11.5 Å². The molecule has 0 radical (unpaired) electrons. The first-order chi connectivity index (χ1) is 16.1. The maximum Gasteiger partial charge on any atom is 0.418 e. The summed E-state index contributed by atoms with van der Waals surface area (Å²) in [7, 11) is 0. The van der Waals surface area contributed by atoms with Gasteiger partial charge in [0.2, 0.25) is 0 Å². The van der Waals surface area contributed by atoms with Crippen LogP contribution in [-0.4, -0.2) is 11.8 Å². The van der Waals surface area contributed by atoms with E-state index in [0.29, 0.717) is 38.3 Å². The Kier molecular flexibility index (Phi) is 5.26. The fourth-order valence-corrected chi connectivity index (χ4v) is 4.24. The Balaban J connectivity index is 1.66. The van der Waals surface area contributed by atoms with E-state index in [-0.39, 0.29) is 16.1 Å². The molecule has 0 bridgehead atoms. The first kappa shape index (κ1) is 22.3. The molecule has 0 N–H and O–H groups in total. The molecule has 4 aromatic rings. The predicted molar refractivity (Wildman–Crippen MR) is 123 cm³/mol. The van der Waals surface area contributed by atoms with Crippen molar-refractivity contribution in [2.24, 2.45) is 0 Å². The standard InChI is InChI=1S/C25H12Cl2F3NO3/c26-13-4-7-15(8-5-13)34-21-11-9-18-22-16(21)2-1-3-17(22)23(32)31(24(18)33)20-10-6-14(27)12-19(20)25(28,29)30/h1-12H. The predicted octanol–water partition coefficient (Wildman–Crippen LogP) is 7.76. The molecule has 5 rings (SSSR count). The monoisotopic (exact) mass is 501 g/mol. The number of hydrogen-bond donors (Lipinski definition) is 0. The number of carbonyl (C=O) groups excluding carboxylic acids is 2. The van der Waals surface area contributed by atoms with Gasteiger partial charge in [-0.15, -0.1) is 0 Å². The highest BCUT2D eigenvalue weighted by molar-refractivity contribution is 6.36. The third-order valence-corrected chi connectivity index (χ3v) is 5.90. The van der Waals surface area contributed by atoms with Crippen molar-refractivity contribution in [2.45, 2.75) is 6.18 Å². The molecule has 0 unspecified atom stereocenters. The molecule has 1 aliphatic rings. The molecule has 2 amide bonds. The van der Waals surface area contributed by atoms with Gasteiger partial charge in [0, 0.05) is 31.9 Å². The van der Waals surface area contributed by atoms with Crippen LogP contribution in [0, 0.1) is 0 Å². The van der Waals surface area contributed by atoms with E-state index >= 15 is 0 Å². The molecule has 34 heavy (non-hydrogen) atoms. The van der Waals surface area contributed by atoms with E-state index < -0.39 is 29.2 Å². The summed E-state index contributed by atoms with van der Waals surface area (Å²) in [6, 6.07) is 17.2. The molecule has 0 atom stereocenters. The van der Waals surface area contributed by atoms with Gasteiger partial charge >= 0.3 is 6.18 Å². The van der Waals surface area contributed by atoms with E-state index in [0.717, 1.165) is 6.07 Å². The van der Waals surface area contributed by atoms with E-state index in [4.69, 9.17) is 27.9 Å². The van der Waals surface area contributed by atoms with Crippen LogP contribution in [0.4, 0.5) is 18.9 Å². The second-order valence-corrected chi connectivity index (χ2v) is 8.37. The minimum atomic E-state index is -4.83. The van der Waals surface area contributed by atoms with Crippen molar-refractivity contribution in [3.63, 3.8) is 0 Å². The molecule has 9 heteroatoms. The summed E-state index contributed by atoms with van der Waals surface area (Å²) in [5.41, 5.74) is -1.61. The number of amides is 2. The normalized spacial score (nSPS) is 13.5. The minimum Gasteiger partial charge on any atom is -0.457 e. The van der Waals surface area contributed by atoms with Crippen molar-refractivity contribution in [3.05, 3.63) is 99.5 Å². The lowest BCUT2D eigenvalue weighted by Gasteiger charge is -2.29. The lowest BCUT2D eigenvalue weighted by atomic mass is 9.92. The highest BCUT2D eigenvalue weighted by Crippen LogP contribution is 2.43. The molecule has 170 valence electrons. The van der Waals surface area contributed by atoms with Gasteiger partial charge in [0.1, 0.15) is 11.5 Å². The number of nitrogens with zero attached hydrogens (tertiary/aromatic N) is 1. The molecule has 4 aromatic carbocycles. The SMILES string of the molecule is O=C1c2cccc3c(Oc4ccc(Cl)cc4)ccc(c23)C(=O)N1c1ccc(Cl)cc1C(F)(F)F. The Morgan fingerprint density at radius 1 is 0.765 bits per heavy atom. The highest BCUT2D eigenvalue weighted by atomic mass is 35.5. The molecule has 0 saturated carbocycles. The van der Waals surface area contributed by atoms with Crippen LogP contribution in [0.2, 0.25) is 10.0 Å². The number of anilines is 1. The second-order valence-electron chi connectivity index (χ2n) is 7.50. The first-order valence-electron chi connectivity index (χ1n) is 9.90. The zero-order valence-corrected chi connectivity index (χ0v) is 18.5. The highest BCUT2D eigenvalue weighted by Gasteiger charge is 2.41. The Bertz CT molecular complexity index is 1460. The molecule has 0 fully saturated rings. The summed E-state index contributed by atoms with van der Waals surface area (Å²) >= 11 is 11.7. The van der Waals surface area contributed by atoms with Gasteiger partial charge < -0.3 is 4.74 Å². The van der Waals surface area contributed by atoms with Gasteiger partial charge in [-0.1, -0.05) is 35.3 Å². The largest absolute Gasteiger partial charge is 0.457 e. The van der Waals surface area contributed by atoms with Crippen LogP contribution in [0.1, 0.15) is 26.3 Å². The van der Waals surface area contributed by atoms with E-state index in [9.17, 15) is 22.8 Å². The fourth-order valence-electron chi connectivity index (χ4n) is 3.94. The summed E-state index contributed by atoms with van der Waals surface area (Å²) < 4.78 is 47.1. The van der Waals surface area contributed by atoms with Crippen LogP contribution in [0.3, 0.4) is 0 Å². The maximum atomic E-state index is 13.7. The van der Waals surface area contributed by atoms with Crippen LogP contribution in [-0.2, 0) is 6.18 Å². The van der Waals surface area contributed by atoms with Crippen molar-refractivity contribution in [1.29, 1.82) is 0 Å². The topological polar surface area (TPSA) is 46.6 Å². The quantitative estimate of drug-likeness (QED) is 0.269. The summed E-state index contributed by atoms with van der Waals surface area (Å²) in [4.78, 5) is 27.2. The van der Waals surface area contributed by atoms with Gasteiger partial charge in [0.15, 0.2) is 0 Å². The Labute approximate surface area is 201 Å². The smallest absolute Gasteiger partial charge is 0.418 e. The second kappa shape index (κ2) is 8.04. The van der Waals surface area contributed by atoms with Gasteiger partial charge in [-0.25, -0.2) is 4.90 Å². The zero-order chi connectivity index (χ0) is 24.2.